The molecule has 0 unspecified atom stereocenters. The van der Waals surface area contributed by atoms with Gasteiger partial charge in [-0.1, -0.05) is 23.7 Å². The second-order valence-corrected chi connectivity index (χ2v) is 7.05. The van der Waals surface area contributed by atoms with E-state index in [4.69, 9.17) is 11.6 Å². The lowest BCUT2D eigenvalue weighted by molar-refractivity contribution is 0.0925. The van der Waals surface area contributed by atoms with E-state index in [-0.39, 0.29) is 16.8 Å². The zero-order valence-electron chi connectivity index (χ0n) is 15.1. The third-order valence-corrected chi connectivity index (χ3v) is 5.14. The van der Waals surface area contributed by atoms with E-state index in [1.807, 2.05) is 0 Å². The largest absolute Gasteiger partial charge is 0.268 e. The summed E-state index contributed by atoms with van der Waals surface area (Å²) in [5, 5.41) is 5.54. The molecule has 8 heteroatoms. The molecule has 1 aliphatic heterocycles. The molecule has 0 saturated heterocycles. The fraction of sp³-hybridized carbons (Fsp3) is 0.0476. The van der Waals surface area contributed by atoms with Crippen LogP contribution in [0.2, 0.25) is 5.02 Å². The van der Waals surface area contributed by atoms with Crippen LogP contribution in [0.1, 0.15) is 26.4 Å². The van der Waals surface area contributed by atoms with E-state index in [0.717, 1.165) is 4.90 Å². The van der Waals surface area contributed by atoms with Crippen molar-refractivity contribution in [2.24, 2.45) is 0 Å². The third-order valence-electron chi connectivity index (χ3n) is 4.89. The van der Waals surface area contributed by atoms with Crippen molar-refractivity contribution in [1.29, 1.82) is 0 Å². The molecular formula is C21H12ClFN4O2. The molecule has 142 valence electrons. The van der Waals surface area contributed by atoms with Crippen LogP contribution in [0.4, 0.5) is 10.1 Å². The van der Waals surface area contributed by atoms with E-state index in [1.165, 1.54) is 24.4 Å². The van der Waals surface area contributed by atoms with Crippen molar-refractivity contribution in [1.82, 2.24) is 14.8 Å². The van der Waals surface area contributed by atoms with Gasteiger partial charge in [0.25, 0.3) is 11.8 Å². The van der Waals surface area contributed by atoms with E-state index in [2.05, 4.69) is 10.1 Å². The molecule has 0 atom stereocenters. The summed E-state index contributed by atoms with van der Waals surface area (Å²) in [6.07, 6.45) is 1.34. The molecule has 0 saturated carbocycles. The lowest BCUT2D eigenvalue weighted by atomic mass is 10.1. The van der Waals surface area contributed by atoms with Gasteiger partial charge in [0.1, 0.15) is 5.82 Å². The lowest BCUT2D eigenvalue weighted by Gasteiger charge is -2.14. The molecule has 6 nitrogen and oxygen atoms in total. The van der Waals surface area contributed by atoms with Gasteiger partial charge in [-0.2, -0.15) is 5.10 Å². The Morgan fingerprint density at radius 2 is 1.72 bits per heavy atom. The van der Waals surface area contributed by atoms with Crippen LogP contribution in [-0.2, 0) is 0 Å². The van der Waals surface area contributed by atoms with E-state index in [1.54, 1.807) is 41.9 Å². The number of amides is 2. The second kappa shape index (κ2) is 6.22. The SMILES string of the molecule is Cc1nn(-c2ccc(Cl)cc2)c2ncc3c(c12)C(=O)N(c1ccccc1F)C3=O. The number of nitrogens with zero attached hydrogens (tertiary/aromatic N) is 4. The smallest absolute Gasteiger partial charge is 0.267 e. The van der Waals surface area contributed by atoms with Gasteiger partial charge in [0.05, 0.1) is 33.6 Å². The highest BCUT2D eigenvalue weighted by Gasteiger charge is 2.40. The maximum Gasteiger partial charge on any atom is 0.267 e. The van der Waals surface area contributed by atoms with Crippen molar-refractivity contribution in [2.45, 2.75) is 6.92 Å². The summed E-state index contributed by atoms with van der Waals surface area (Å²) in [4.78, 5) is 31.3. The first kappa shape index (κ1) is 17.5. The molecule has 0 radical (unpaired) electrons. The molecule has 4 aromatic rings. The van der Waals surface area contributed by atoms with Crippen LogP contribution in [0.25, 0.3) is 16.7 Å². The van der Waals surface area contributed by atoms with Crippen molar-refractivity contribution < 1.29 is 14.0 Å². The Kier molecular flexibility index (Phi) is 3.75. The van der Waals surface area contributed by atoms with Gasteiger partial charge in [0.15, 0.2) is 5.65 Å². The summed E-state index contributed by atoms with van der Waals surface area (Å²) >= 11 is 5.96. The predicted octanol–water partition coefficient (Wildman–Crippen LogP) is 4.32. The van der Waals surface area contributed by atoms with Crippen LogP contribution in [0, 0.1) is 12.7 Å². The molecule has 0 N–H and O–H groups in total. The van der Waals surface area contributed by atoms with Crippen LogP contribution in [0.5, 0.6) is 0 Å². The molecular weight excluding hydrogens is 395 g/mol. The van der Waals surface area contributed by atoms with Gasteiger partial charge in [-0.3, -0.25) is 9.59 Å². The van der Waals surface area contributed by atoms with E-state index < -0.39 is 17.6 Å². The molecule has 0 fully saturated rings. The zero-order valence-corrected chi connectivity index (χ0v) is 15.8. The molecule has 0 aliphatic carbocycles. The van der Waals surface area contributed by atoms with Crippen molar-refractivity contribution in [3.8, 4) is 5.69 Å². The average molecular weight is 407 g/mol. The summed E-state index contributed by atoms with van der Waals surface area (Å²) in [7, 11) is 0. The zero-order chi connectivity index (χ0) is 20.3. The minimum Gasteiger partial charge on any atom is -0.268 e. The van der Waals surface area contributed by atoms with Crippen LogP contribution in [0.15, 0.2) is 54.7 Å². The van der Waals surface area contributed by atoms with Crippen molar-refractivity contribution >= 4 is 40.1 Å². The van der Waals surface area contributed by atoms with E-state index in [0.29, 0.717) is 27.4 Å². The normalized spacial score (nSPS) is 13.4. The molecule has 1 aliphatic rings. The van der Waals surface area contributed by atoms with Gasteiger partial charge in [0.2, 0.25) is 0 Å². The number of carbonyl (C=O) groups is 2. The molecule has 29 heavy (non-hydrogen) atoms. The number of pyridine rings is 1. The number of para-hydroxylation sites is 1. The molecule has 3 heterocycles. The number of aryl methyl sites for hydroxylation is 1. The monoisotopic (exact) mass is 406 g/mol. The molecule has 2 amide bonds. The Hall–Kier alpha value is -3.58. The molecule has 0 spiro atoms. The number of benzene rings is 2. The number of fused-ring (bicyclic) bond motifs is 3. The number of carbonyl (C=O) groups excluding carboxylic acids is 2. The first-order chi connectivity index (χ1) is 14.0. The maximum atomic E-state index is 14.3. The van der Waals surface area contributed by atoms with Crippen LogP contribution < -0.4 is 4.90 Å². The lowest BCUT2D eigenvalue weighted by Crippen LogP contribution is -2.30. The van der Waals surface area contributed by atoms with Crippen LogP contribution >= 0.6 is 11.6 Å². The number of imide groups is 1. The minimum absolute atomic E-state index is 0.0883. The van der Waals surface area contributed by atoms with Gasteiger partial charge >= 0.3 is 0 Å². The number of halogens is 2. The maximum absolute atomic E-state index is 14.3. The summed E-state index contributed by atoms with van der Waals surface area (Å²) in [6.45, 7) is 1.74. The fourth-order valence-electron chi connectivity index (χ4n) is 3.57. The Morgan fingerprint density at radius 3 is 2.45 bits per heavy atom. The van der Waals surface area contributed by atoms with Crippen LogP contribution in [0.3, 0.4) is 0 Å². The number of hydrogen-bond donors (Lipinski definition) is 0. The van der Waals surface area contributed by atoms with Crippen molar-refractivity contribution in [2.75, 3.05) is 4.90 Å². The molecule has 2 aromatic heterocycles. The Balaban J connectivity index is 1.73. The topological polar surface area (TPSA) is 68.1 Å². The van der Waals surface area contributed by atoms with Gasteiger partial charge in [-0.05, 0) is 43.3 Å². The molecule has 2 aromatic carbocycles. The summed E-state index contributed by atoms with van der Waals surface area (Å²) in [5.74, 6) is -1.86. The fourth-order valence-corrected chi connectivity index (χ4v) is 3.70. The summed E-state index contributed by atoms with van der Waals surface area (Å²) in [5.41, 5.74) is 1.90. The van der Waals surface area contributed by atoms with Crippen molar-refractivity contribution in [3.63, 3.8) is 0 Å². The number of aromatic nitrogens is 3. The minimum atomic E-state index is -0.653. The summed E-state index contributed by atoms with van der Waals surface area (Å²) < 4.78 is 15.9. The Bertz CT molecular complexity index is 1330. The number of anilines is 1. The van der Waals surface area contributed by atoms with Gasteiger partial charge < -0.3 is 0 Å². The number of hydrogen-bond acceptors (Lipinski definition) is 4. The highest BCUT2D eigenvalue weighted by atomic mass is 35.5. The standard InChI is InChI=1S/C21H12ClFN4O2/c1-11-17-18-14(20(28)26(21(18)29)16-5-3-2-4-15(16)23)10-24-19(17)27(25-11)13-8-6-12(22)7-9-13/h2-10H,1H3. The highest BCUT2D eigenvalue weighted by molar-refractivity contribution is 6.37. The van der Waals surface area contributed by atoms with Gasteiger partial charge in [0, 0.05) is 11.2 Å². The Morgan fingerprint density at radius 1 is 1.00 bits per heavy atom. The molecule has 0 bridgehead atoms. The first-order valence-electron chi connectivity index (χ1n) is 8.75. The van der Waals surface area contributed by atoms with Crippen LogP contribution in [-0.4, -0.2) is 26.6 Å². The quantitative estimate of drug-likeness (QED) is 0.465. The predicted molar refractivity (Wildman–Crippen MR) is 106 cm³/mol. The third kappa shape index (κ3) is 2.48. The first-order valence-corrected chi connectivity index (χ1v) is 9.13. The van der Waals surface area contributed by atoms with E-state index in [9.17, 15) is 14.0 Å². The van der Waals surface area contributed by atoms with Gasteiger partial charge in [-0.15, -0.1) is 0 Å². The van der Waals surface area contributed by atoms with E-state index >= 15 is 0 Å². The second-order valence-electron chi connectivity index (χ2n) is 6.62. The highest BCUT2D eigenvalue weighted by Crippen LogP contribution is 2.35. The summed E-state index contributed by atoms with van der Waals surface area (Å²) in [6, 6.07) is 12.7. The number of rotatable bonds is 2. The average Bonchev–Trinajstić information content (AvgIpc) is 3.18. The van der Waals surface area contributed by atoms with Crippen molar-refractivity contribution in [3.05, 3.63) is 82.4 Å². The Labute approximate surface area is 169 Å². The van der Waals surface area contributed by atoms with Gasteiger partial charge in [-0.25, -0.2) is 19.0 Å². The molecule has 5 rings (SSSR count).